The Balaban J connectivity index is 2.10. The first kappa shape index (κ1) is 11.9. The van der Waals surface area contributed by atoms with Gasteiger partial charge in [0.1, 0.15) is 5.75 Å². The minimum Gasteiger partial charge on any atom is -0.494 e. The highest BCUT2D eigenvalue weighted by molar-refractivity contribution is 5.79. The Hall–Kier alpha value is -1.55. The van der Waals surface area contributed by atoms with E-state index in [0.717, 1.165) is 11.3 Å². The maximum Gasteiger partial charge on any atom is 0.224 e. The number of rotatable bonds is 4. The normalized spacial score (nSPS) is 19.8. The summed E-state index contributed by atoms with van der Waals surface area (Å²) < 4.78 is 5.54. The van der Waals surface area contributed by atoms with Gasteiger partial charge in [0.15, 0.2) is 0 Å². The molecule has 1 saturated heterocycles. The van der Waals surface area contributed by atoms with Crippen LogP contribution in [0.5, 0.6) is 5.75 Å². The molecule has 2 N–H and O–H groups in total. The second-order valence-corrected chi connectivity index (χ2v) is 4.28. The van der Waals surface area contributed by atoms with E-state index in [4.69, 9.17) is 10.5 Å². The van der Waals surface area contributed by atoms with Crippen molar-refractivity contribution in [1.82, 2.24) is 4.90 Å². The lowest BCUT2D eigenvalue weighted by atomic mass is 10.2. The molecule has 0 bridgehead atoms. The predicted octanol–water partition coefficient (Wildman–Crippen LogP) is 1.14. The molecule has 1 amide bonds. The molecular formula is C13H18N2O2. The Morgan fingerprint density at radius 3 is 2.88 bits per heavy atom. The molecule has 4 heteroatoms. The van der Waals surface area contributed by atoms with E-state index in [1.807, 2.05) is 31.2 Å². The van der Waals surface area contributed by atoms with E-state index >= 15 is 0 Å². The van der Waals surface area contributed by atoms with Crippen LogP contribution in [0.15, 0.2) is 24.3 Å². The van der Waals surface area contributed by atoms with E-state index in [0.29, 0.717) is 26.1 Å². The topological polar surface area (TPSA) is 55.6 Å². The third-order valence-electron chi connectivity index (χ3n) is 2.88. The Kier molecular flexibility index (Phi) is 3.64. The highest BCUT2D eigenvalue weighted by Gasteiger charge is 2.27. The van der Waals surface area contributed by atoms with E-state index in [2.05, 4.69) is 0 Å². The number of carbonyl (C=O) groups is 1. The van der Waals surface area contributed by atoms with Crippen LogP contribution in [-0.4, -0.2) is 30.0 Å². The SMILES string of the molecule is CCOc1ccccc1CN1CC(N)CC1=O. The van der Waals surface area contributed by atoms with Crippen LogP contribution in [0.3, 0.4) is 0 Å². The summed E-state index contributed by atoms with van der Waals surface area (Å²) >= 11 is 0. The fourth-order valence-corrected chi connectivity index (χ4v) is 2.09. The van der Waals surface area contributed by atoms with Crippen LogP contribution < -0.4 is 10.5 Å². The Morgan fingerprint density at radius 2 is 2.24 bits per heavy atom. The molecule has 17 heavy (non-hydrogen) atoms. The minimum atomic E-state index is -0.0262. The second kappa shape index (κ2) is 5.19. The highest BCUT2D eigenvalue weighted by atomic mass is 16.5. The first-order chi connectivity index (χ1) is 8.20. The molecule has 1 unspecified atom stereocenters. The van der Waals surface area contributed by atoms with E-state index in [9.17, 15) is 4.79 Å². The van der Waals surface area contributed by atoms with E-state index in [1.54, 1.807) is 4.90 Å². The third kappa shape index (κ3) is 2.77. The van der Waals surface area contributed by atoms with Crippen molar-refractivity contribution in [2.45, 2.75) is 25.9 Å². The molecule has 0 aromatic heterocycles. The zero-order valence-corrected chi connectivity index (χ0v) is 10.1. The number of nitrogens with two attached hydrogens (primary N) is 1. The molecule has 2 rings (SSSR count). The molecule has 1 aromatic carbocycles. The summed E-state index contributed by atoms with van der Waals surface area (Å²) in [6, 6.07) is 7.79. The lowest BCUT2D eigenvalue weighted by Gasteiger charge is -2.18. The van der Waals surface area contributed by atoms with Crippen molar-refractivity contribution in [3.8, 4) is 5.75 Å². The van der Waals surface area contributed by atoms with Crippen LogP contribution in [0.2, 0.25) is 0 Å². The number of ether oxygens (including phenoxy) is 1. The largest absolute Gasteiger partial charge is 0.494 e. The van der Waals surface area contributed by atoms with Crippen molar-refractivity contribution >= 4 is 5.91 Å². The Labute approximate surface area is 101 Å². The van der Waals surface area contributed by atoms with Gasteiger partial charge in [0, 0.05) is 31.1 Å². The molecule has 1 heterocycles. The first-order valence-corrected chi connectivity index (χ1v) is 5.94. The summed E-state index contributed by atoms with van der Waals surface area (Å²) in [6.45, 7) is 3.81. The molecule has 0 radical (unpaired) electrons. The maximum absolute atomic E-state index is 11.7. The van der Waals surface area contributed by atoms with Crippen LogP contribution in [0.1, 0.15) is 18.9 Å². The number of likely N-dealkylation sites (tertiary alicyclic amines) is 1. The minimum absolute atomic E-state index is 0.0262. The number of hydrogen-bond donors (Lipinski definition) is 1. The number of para-hydroxylation sites is 1. The summed E-state index contributed by atoms with van der Waals surface area (Å²) in [7, 11) is 0. The molecule has 0 aliphatic carbocycles. The lowest BCUT2D eigenvalue weighted by molar-refractivity contribution is -0.128. The van der Waals surface area contributed by atoms with Crippen molar-refractivity contribution in [3.05, 3.63) is 29.8 Å². The zero-order valence-electron chi connectivity index (χ0n) is 10.1. The van der Waals surface area contributed by atoms with Gasteiger partial charge in [0.2, 0.25) is 5.91 Å². The fourth-order valence-electron chi connectivity index (χ4n) is 2.09. The molecule has 1 aliphatic heterocycles. The lowest BCUT2D eigenvalue weighted by Crippen LogP contribution is -2.28. The van der Waals surface area contributed by atoms with Crippen LogP contribution in [0.25, 0.3) is 0 Å². The number of nitrogens with zero attached hydrogens (tertiary/aromatic N) is 1. The van der Waals surface area contributed by atoms with Crippen molar-refractivity contribution < 1.29 is 9.53 Å². The average molecular weight is 234 g/mol. The number of amides is 1. The van der Waals surface area contributed by atoms with Crippen LogP contribution in [-0.2, 0) is 11.3 Å². The summed E-state index contributed by atoms with van der Waals surface area (Å²) in [5.74, 6) is 0.979. The van der Waals surface area contributed by atoms with Crippen molar-refractivity contribution in [3.63, 3.8) is 0 Å². The van der Waals surface area contributed by atoms with Crippen molar-refractivity contribution in [2.24, 2.45) is 5.73 Å². The monoisotopic (exact) mass is 234 g/mol. The van der Waals surface area contributed by atoms with Gasteiger partial charge in [-0.05, 0) is 13.0 Å². The Bertz CT molecular complexity index is 406. The molecule has 1 fully saturated rings. The summed E-state index contributed by atoms with van der Waals surface area (Å²) in [5, 5.41) is 0. The highest BCUT2D eigenvalue weighted by Crippen LogP contribution is 2.22. The Morgan fingerprint density at radius 1 is 1.47 bits per heavy atom. The van der Waals surface area contributed by atoms with Crippen molar-refractivity contribution in [2.75, 3.05) is 13.2 Å². The van der Waals surface area contributed by atoms with Gasteiger partial charge >= 0.3 is 0 Å². The van der Waals surface area contributed by atoms with Gasteiger partial charge in [0.25, 0.3) is 0 Å². The number of hydrogen-bond acceptors (Lipinski definition) is 3. The summed E-state index contributed by atoms with van der Waals surface area (Å²) in [4.78, 5) is 13.5. The molecule has 1 aromatic rings. The second-order valence-electron chi connectivity index (χ2n) is 4.28. The van der Waals surface area contributed by atoms with Crippen LogP contribution in [0, 0.1) is 0 Å². The van der Waals surface area contributed by atoms with Crippen LogP contribution >= 0.6 is 0 Å². The standard InChI is InChI=1S/C13H18N2O2/c1-2-17-12-6-4-3-5-10(12)8-15-9-11(14)7-13(15)16/h3-6,11H,2,7-9,14H2,1H3. The molecular weight excluding hydrogens is 216 g/mol. The summed E-state index contributed by atoms with van der Waals surface area (Å²) in [6.07, 6.45) is 0.455. The molecule has 0 saturated carbocycles. The fraction of sp³-hybridized carbons (Fsp3) is 0.462. The molecule has 0 spiro atoms. The quantitative estimate of drug-likeness (QED) is 0.850. The van der Waals surface area contributed by atoms with Crippen molar-refractivity contribution in [1.29, 1.82) is 0 Å². The van der Waals surface area contributed by atoms with Gasteiger partial charge < -0.3 is 15.4 Å². The zero-order chi connectivity index (χ0) is 12.3. The van der Waals surface area contributed by atoms with Gasteiger partial charge in [-0.2, -0.15) is 0 Å². The van der Waals surface area contributed by atoms with Gasteiger partial charge in [-0.1, -0.05) is 18.2 Å². The molecule has 92 valence electrons. The third-order valence-corrected chi connectivity index (χ3v) is 2.88. The summed E-state index contributed by atoms with van der Waals surface area (Å²) in [5.41, 5.74) is 6.81. The molecule has 4 nitrogen and oxygen atoms in total. The number of benzene rings is 1. The first-order valence-electron chi connectivity index (χ1n) is 5.94. The van der Waals surface area contributed by atoms with E-state index < -0.39 is 0 Å². The van der Waals surface area contributed by atoms with E-state index in [-0.39, 0.29) is 11.9 Å². The predicted molar refractivity (Wildman–Crippen MR) is 65.6 cm³/mol. The van der Waals surface area contributed by atoms with Gasteiger partial charge in [-0.15, -0.1) is 0 Å². The van der Waals surface area contributed by atoms with Crippen LogP contribution in [0.4, 0.5) is 0 Å². The maximum atomic E-state index is 11.7. The molecule has 1 atom stereocenters. The van der Waals surface area contributed by atoms with E-state index in [1.165, 1.54) is 0 Å². The van der Waals surface area contributed by atoms with Gasteiger partial charge in [-0.25, -0.2) is 0 Å². The average Bonchev–Trinajstić information content (AvgIpc) is 2.61. The number of carbonyl (C=O) groups excluding carboxylic acids is 1. The molecule has 1 aliphatic rings. The van der Waals surface area contributed by atoms with Gasteiger partial charge in [-0.3, -0.25) is 4.79 Å². The van der Waals surface area contributed by atoms with Gasteiger partial charge in [0.05, 0.1) is 6.61 Å². The smallest absolute Gasteiger partial charge is 0.224 e.